The summed E-state index contributed by atoms with van der Waals surface area (Å²) in [6.45, 7) is 15.9. The zero-order chi connectivity index (χ0) is 17.4. The predicted octanol–water partition coefficient (Wildman–Crippen LogP) is 6.22. The van der Waals surface area contributed by atoms with E-state index in [9.17, 15) is 5.11 Å². The molecular weight excluding hydrogens is 280 g/mol. The van der Waals surface area contributed by atoms with E-state index in [2.05, 4.69) is 60.6 Å². The predicted molar refractivity (Wildman–Crippen MR) is 100 cm³/mol. The molecule has 2 rings (SSSR count). The highest BCUT2D eigenvalue weighted by atomic mass is 16.3. The maximum atomic E-state index is 9.64. The molecule has 0 aliphatic heterocycles. The molecular formula is C22H30O. The molecule has 1 heteroatoms. The summed E-state index contributed by atoms with van der Waals surface area (Å²) in [6.07, 6.45) is 1.04. The first-order valence-electron chi connectivity index (χ1n) is 8.51. The average molecular weight is 310 g/mol. The van der Waals surface area contributed by atoms with Gasteiger partial charge in [-0.2, -0.15) is 0 Å². The van der Waals surface area contributed by atoms with E-state index < -0.39 is 0 Å². The molecule has 124 valence electrons. The molecule has 0 radical (unpaired) electrons. The second-order valence-corrected chi connectivity index (χ2v) is 8.47. The Hall–Kier alpha value is -1.76. The monoisotopic (exact) mass is 310 g/mol. The first-order chi connectivity index (χ1) is 10.5. The SMILES string of the molecule is CCc1cc(C(C)(C)C)c(-c2ccc(O)cc2)c(C(C)(C)C)c1. The molecule has 0 fully saturated rings. The number of aryl methyl sites for hydroxylation is 1. The van der Waals surface area contributed by atoms with Gasteiger partial charge in [0.05, 0.1) is 0 Å². The van der Waals surface area contributed by atoms with Crippen molar-refractivity contribution in [1.29, 1.82) is 0 Å². The minimum atomic E-state index is 0.0679. The third-order valence-corrected chi connectivity index (χ3v) is 4.38. The van der Waals surface area contributed by atoms with Crippen LogP contribution in [-0.4, -0.2) is 5.11 Å². The van der Waals surface area contributed by atoms with Gasteiger partial charge in [-0.25, -0.2) is 0 Å². The third kappa shape index (κ3) is 3.77. The van der Waals surface area contributed by atoms with Crippen molar-refractivity contribution in [3.05, 3.63) is 53.1 Å². The van der Waals surface area contributed by atoms with E-state index in [4.69, 9.17) is 0 Å². The number of benzene rings is 2. The maximum Gasteiger partial charge on any atom is 0.115 e. The molecule has 23 heavy (non-hydrogen) atoms. The van der Waals surface area contributed by atoms with Crippen LogP contribution < -0.4 is 0 Å². The van der Waals surface area contributed by atoms with Gasteiger partial charge >= 0.3 is 0 Å². The highest BCUT2D eigenvalue weighted by molar-refractivity contribution is 5.74. The van der Waals surface area contributed by atoms with Crippen molar-refractivity contribution >= 4 is 0 Å². The van der Waals surface area contributed by atoms with Gasteiger partial charge in [0.25, 0.3) is 0 Å². The summed E-state index contributed by atoms with van der Waals surface area (Å²) in [7, 11) is 0. The van der Waals surface area contributed by atoms with Gasteiger partial charge in [-0.05, 0) is 57.2 Å². The van der Waals surface area contributed by atoms with Crippen molar-refractivity contribution in [3.8, 4) is 16.9 Å². The molecule has 0 aliphatic rings. The number of aromatic hydroxyl groups is 1. The lowest BCUT2D eigenvalue weighted by molar-refractivity contribution is 0.475. The number of phenolic OH excluding ortho intramolecular Hbond substituents is 1. The fourth-order valence-corrected chi connectivity index (χ4v) is 3.03. The first kappa shape index (κ1) is 17.6. The van der Waals surface area contributed by atoms with E-state index in [1.807, 2.05) is 12.1 Å². The van der Waals surface area contributed by atoms with Crippen molar-refractivity contribution in [2.24, 2.45) is 0 Å². The molecule has 2 aromatic rings. The Balaban J connectivity index is 2.87. The summed E-state index contributed by atoms with van der Waals surface area (Å²) in [5, 5.41) is 9.64. The zero-order valence-electron chi connectivity index (χ0n) is 15.6. The van der Waals surface area contributed by atoms with Crippen molar-refractivity contribution in [3.63, 3.8) is 0 Å². The lowest BCUT2D eigenvalue weighted by Gasteiger charge is -2.31. The summed E-state index contributed by atoms with van der Waals surface area (Å²) < 4.78 is 0. The van der Waals surface area contributed by atoms with Crippen LogP contribution in [0.1, 0.15) is 65.2 Å². The second-order valence-electron chi connectivity index (χ2n) is 8.47. The fourth-order valence-electron chi connectivity index (χ4n) is 3.03. The lowest BCUT2D eigenvalue weighted by atomic mass is 9.73. The van der Waals surface area contributed by atoms with Crippen molar-refractivity contribution in [1.82, 2.24) is 0 Å². The molecule has 1 nitrogen and oxygen atoms in total. The molecule has 0 saturated carbocycles. The summed E-state index contributed by atoms with van der Waals surface area (Å²) in [4.78, 5) is 0. The molecule has 2 aromatic carbocycles. The van der Waals surface area contributed by atoms with Crippen LogP contribution in [0.2, 0.25) is 0 Å². The average Bonchev–Trinajstić information content (AvgIpc) is 2.45. The Morgan fingerprint density at radius 2 is 1.22 bits per heavy atom. The van der Waals surface area contributed by atoms with Crippen LogP contribution in [0.5, 0.6) is 5.75 Å². The van der Waals surface area contributed by atoms with Gasteiger partial charge in [0.15, 0.2) is 0 Å². The minimum Gasteiger partial charge on any atom is -0.508 e. The highest BCUT2D eigenvalue weighted by Gasteiger charge is 2.27. The molecule has 0 aromatic heterocycles. The van der Waals surface area contributed by atoms with E-state index in [0.29, 0.717) is 5.75 Å². The first-order valence-corrected chi connectivity index (χ1v) is 8.51. The molecule has 0 heterocycles. The van der Waals surface area contributed by atoms with Crippen LogP contribution in [0.25, 0.3) is 11.1 Å². The van der Waals surface area contributed by atoms with Gasteiger partial charge in [-0.1, -0.05) is 72.7 Å². The van der Waals surface area contributed by atoms with Crippen LogP contribution in [-0.2, 0) is 17.3 Å². The summed E-state index contributed by atoms with van der Waals surface area (Å²) in [6, 6.07) is 12.3. The smallest absolute Gasteiger partial charge is 0.115 e. The quantitative estimate of drug-likeness (QED) is 0.698. The van der Waals surface area contributed by atoms with Crippen LogP contribution in [0.4, 0.5) is 0 Å². The number of phenols is 1. The van der Waals surface area contributed by atoms with E-state index in [0.717, 1.165) is 6.42 Å². The van der Waals surface area contributed by atoms with Gasteiger partial charge in [-0.15, -0.1) is 0 Å². The van der Waals surface area contributed by atoms with E-state index >= 15 is 0 Å². The zero-order valence-corrected chi connectivity index (χ0v) is 15.6. The molecule has 1 N–H and O–H groups in total. The van der Waals surface area contributed by atoms with E-state index in [1.54, 1.807) is 12.1 Å². The normalized spacial score (nSPS) is 12.5. The topological polar surface area (TPSA) is 20.2 Å². The van der Waals surface area contributed by atoms with Gasteiger partial charge < -0.3 is 5.11 Å². The van der Waals surface area contributed by atoms with Gasteiger partial charge in [0.1, 0.15) is 5.75 Å². The largest absolute Gasteiger partial charge is 0.508 e. The number of hydrogen-bond donors (Lipinski definition) is 1. The van der Waals surface area contributed by atoms with Gasteiger partial charge in [0, 0.05) is 0 Å². The summed E-state index contributed by atoms with van der Waals surface area (Å²) in [5.74, 6) is 0.313. The molecule has 0 unspecified atom stereocenters. The standard InChI is InChI=1S/C22H30O/c1-8-15-13-18(21(2,3)4)20(19(14-15)22(5,6)7)16-9-11-17(23)12-10-16/h9-14,23H,8H2,1-7H3. The Morgan fingerprint density at radius 1 is 0.783 bits per heavy atom. The van der Waals surface area contributed by atoms with Crippen LogP contribution in [0, 0.1) is 0 Å². The highest BCUT2D eigenvalue weighted by Crippen LogP contribution is 2.41. The molecule has 0 bridgehead atoms. The fraction of sp³-hybridized carbons (Fsp3) is 0.455. The Morgan fingerprint density at radius 3 is 1.57 bits per heavy atom. The maximum absolute atomic E-state index is 9.64. The van der Waals surface area contributed by atoms with E-state index in [-0.39, 0.29) is 10.8 Å². The van der Waals surface area contributed by atoms with Crippen LogP contribution in [0.3, 0.4) is 0 Å². The summed E-state index contributed by atoms with van der Waals surface area (Å²) >= 11 is 0. The van der Waals surface area contributed by atoms with Gasteiger partial charge in [-0.3, -0.25) is 0 Å². The number of rotatable bonds is 2. The second kappa shape index (κ2) is 6.03. The van der Waals surface area contributed by atoms with Crippen molar-refractivity contribution in [2.75, 3.05) is 0 Å². The molecule has 0 amide bonds. The van der Waals surface area contributed by atoms with Crippen molar-refractivity contribution in [2.45, 2.75) is 65.7 Å². The Kier molecular flexibility index (Phi) is 4.61. The minimum absolute atomic E-state index is 0.0679. The Labute approximate surface area is 141 Å². The molecule has 0 aliphatic carbocycles. The summed E-state index contributed by atoms with van der Waals surface area (Å²) in [5.41, 5.74) is 6.79. The molecule has 0 saturated heterocycles. The van der Waals surface area contributed by atoms with Crippen LogP contribution in [0.15, 0.2) is 36.4 Å². The number of hydrogen-bond acceptors (Lipinski definition) is 1. The molecule has 0 atom stereocenters. The molecule has 0 spiro atoms. The van der Waals surface area contributed by atoms with Gasteiger partial charge in [0.2, 0.25) is 0 Å². The third-order valence-electron chi connectivity index (χ3n) is 4.38. The lowest BCUT2D eigenvalue weighted by Crippen LogP contribution is -2.20. The van der Waals surface area contributed by atoms with E-state index in [1.165, 1.54) is 27.8 Å². The Bertz CT molecular complexity index is 644. The van der Waals surface area contributed by atoms with Crippen LogP contribution >= 0.6 is 0 Å². The van der Waals surface area contributed by atoms with Crippen molar-refractivity contribution < 1.29 is 5.11 Å².